The molecule has 0 aliphatic heterocycles. The summed E-state index contributed by atoms with van der Waals surface area (Å²) in [5.74, 6) is 0. The van der Waals surface area contributed by atoms with Gasteiger partial charge in [0.05, 0.1) is 16.2 Å². The van der Waals surface area contributed by atoms with Gasteiger partial charge in [-0.2, -0.15) is 0 Å². The van der Waals surface area contributed by atoms with E-state index in [2.05, 4.69) is 30.2 Å². The molecule has 0 saturated carbocycles. The molecule has 0 amide bonds. The maximum absolute atomic E-state index is 6.40. The van der Waals surface area contributed by atoms with Gasteiger partial charge >= 0.3 is 0 Å². The Hall–Kier alpha value is -1.28. The lowest BCUT2D eigenvalue weighted by molar-refractivity contribution is 0.617. The van der Waals surface area contributed by atoms with E-state index in [1.165, 1.54) is 38.5 Å². The molecule has 1 aromatic heterocycles. The van der Waals surface area contributed by atoms with Gasteiger partial charge in [-0.25, -0.2) is 0 Å². The van der Waals surface area contributed by atoms with Crippen molar-refractivity contribution in [3.8, 4) is 0 Å². The molecule has 0 fully saturated rings. The van der Waals surface area contributed by atoms with E-state index in [0.717, 1.165) is 33.7 Å². The zero-order valence-corrected chi connectivity index (χ0v) is 13.8. The van der Waals surface area contributed by atoms with E-state index >= 15 is 0 Å². The quantitative estimate of drug-likeness (QED) is 0.608. The van der Waals surface area contributed by atoms with Gasteiger partial charge in [0, 0.05) is 18.1 Å². The third-order valence-electron chi connectivity index (χ3n) is 3.86. The first-order valence-corrected chi connectivity index (χ1v) is 8.39. The number of aromatic nitrogens is 1. The largest absolute Gasteiger partial charge is 0.383 e. The van der Waals surface area contributed by atoms with Gasteiger partial charge in [0.1, 0.15) is 0 Å². The number of fused-ring (bicyclic) bond motifs is 1. The Morgan fingerprint density at radius 3 is 2.71 bits per heavy atom. The first-order valence-electron chi connectivity index (χ1n) is 8.01. The number of anilines is 1. The fourth-order valence-electron chi connectivity index (χ4n) is 2.68. The predicted molar refractivity (Wildman–Crippen MR) is 93.4 cm³/mol. The number of aryl methyl sites for hydroxylation is 1. The predicted octanol–water partition coefficient (Wildman–Crippen LogP) is 5.97. The van der Waals surface area contributed by atoms with Gasteiger partial charge in [-0.05, 0) is 37.1 Å². The van der Waals surface area contributed by atoms with Gasteiger partial charge in [0.2, 0.25) is 0 Å². The summed E-state index contributed by atoms with van der Waals surface area (Å²) < 4.78 is 0. The Morgan fingerprint density at radius 2 is 1.90 bits per heavy atom. The van der Waals surface area contributed by atoms with Crippen LogP contribution in [0.5, 0.6) is 0 Å². The lowest BCUT2D eigenvalue weighted by atomic mass is 10.1. The molecule has 2 aromatic rings. The molecule has 0 radical (unpaired) electrons. The SMILES string of the molecule is CCCCCCCCNc1c(Cl)cc(C)c2ncccc12. The number of hydrogen-bond acceptors (Lipinski definition) is 2. The third kappa shape index (κ3) is 4.34. The van der Waals surface area contributed by atoms with Crippen molar-refractivity contribution in [2.75, 3.05) is 11.9 Å². The number of nitrogens with zero attached hydrogens (tertiary/aromatic N) is 1. The summed E-state index contributed by atoms with van der Waals surface area (Å²) in [6.07, 6.45) is 9.65. The summed E-state index contributed by atoms with van der Waals surface area (Å²) in [5.41, 5.74) is 3.19. The second kappa shape index (κ2) is 8.23. The Labute approximate surface area is 132 Å². The lowest BCUT2D eigenvalue weighted by Crippen LogP contribution is -2.03. The van der Waals surface area contributed by atoms with E-state index in [1.807, 2.05) is 18.3 Å². The summed E-state index contributed by atoms with van der Waals surface area (Å²) >= 11 is 6.40. The van der Waals surface area contributed by atoms with Crippen molar-refractivity contribution in [1.29, 1.82) is 0 Å². The molecule has 0 spiro atoms. The van der Waals surface area contributed by atoms with Gasteiger partial charge in [-0.3, -0.25) is 4.98 Å². The lowest BCUT2D eigenvalue weighted by Gasteiger charge is -2.13. The second-order valence-corrected chi connectivity index (χ2v) is 6.05. The van der Waals surface area contributed by atoms with Crippen LogP contribution in [0.2, 0.25) is 5.02 Å². The number of hydrogen-bond donors (Lipinski definition) is 1. The van der Waals surface area contributed by atoms with Gasteiger partial charge in [-0.15, -0.1) is 0 Å². The molecule has 0 bridgehead atoms. The highest BCUT2D eigenvalue weighted by molar-refractivity contribution is 6.35. The molecule has 0 saturated heterocycles. The molecule has 2 nitrogen and oxygen atoms in total. The minimum absolute atomic E-state index is 0.791. The van der Waals surface area contributed by atoms with Crippen molar-refractivity contribution >= 4 is 28.2 Å². The van der Waals surface area contributed by atoms with Crippen molar-refractivity contribution in [3.63, 3.8) is 0 Å². The normalized spacial score (nSPS) is 11.0. The van der Waals surface area contributed by atoms with Crippen LogP contribution in [0.3, 0.4) is 0 Å². The number of nitrogens with one attached hydrogen (secondary N) is 1. The van der Waals surface area contributed by atoms with Crippen LogP contribution in [0.25, 0.3) is 10.9 Å². The van der Waals surface area contributed by atoms with Crippen molar-refractivity contribution in [3.05, 3.63) is 35.0 Å². The zero-order valence-electron chi connectivity index (χ0n) is 13.1. The van der Waals surface area contributed by atoms with E-state index < -0.39 is 0 Å². The van der Waals surface area contributed by atoms with Crippen molar-refractivity contribution < 1.29 is 0 Å². The average Bonchev–Trinajstić information content (AvgIpc) is 2.49. The Bertz CT molecular complexity index is 581. The minimum Gasteiger partial charge on any atom is -0.383 e. The number of halogens is 1. The standard InChI is InChI=1S/C18H25ClN2/c1-3-4-5-6-7-8-11-21-18-15-10-9-12-20-17(15)14(2)13-16(18)19/h9-10,12-13,21H,3-8,11H2,1-2H3. The van der Waals surface area contributed by atoms with Crippen molar-refractivity contribution in [1.82, 2.24) is 4.98 Å². The zero-order chi connectivity index (χ0) is 15.1. The molecule has 1 N–H and O–H groups in total. The maximum atomic E-state index is 6.40. The number of unbranched alkanes of at least 4 members (excludes halogenated alkanes) is 5. The van der Waals surface area contributed by atoms with Gasteiger partial charge in [0.15, 0.2) is 0 Å². The molecule has 2 rings (SSSR count). The van der Waals surface area contributed by atoms with Crippen LogP contribution in [-0.2, 0) is 0 Å². The average molecular weight is 305 g/mol. The van der Waals surface area contributed by atoms with E-state index in [1.54, 1.807) is 0 Å². The monoisotopic (exact) mass is 304 g/mol. The summed E-state index contributed by atoms with van der Waals surface area (Å²) in [4.78, 5) is 4.46. The van der Waals surface area contributed by atoms with E-state index in [0.29, 0.717) is 0 Å². The number of benzene rings is 1. The van der Waals surface area contributed by atoms with E-state index in [4.69, 9.17) is 11.6 Å². The molecular formula is C18H25ClN2. The van der Waals surface area contributed by atoms with Crippen LogP contribution in [0.15, 0.2) is 24.4 Å². The van der Waals surface area contributed by atoms with Gasteiger partial charge in [-0.1, -0.05) is 50.6 Å². The summed E-state index contributed by atoms with van der Waals surface area (Å²) in [7, 11) is 0. The molecule has 1 heterocycles. The maximum Gasteiger partial charge on any atom is 0.0752 e. The van der Waals surface area contributed by atoms with E-state index in [9.17, 15) is 0 Å². The van der Waals surface area contributed by atoms with Crippen LogP contribution in [0.1, 0.15) is 51.0 Å². The van der Waals surface area contributed by atoms with Crippen LogP contribution >= 0.6 is 11.6 Å². The van der Waals surface area contributed by atoms with Crippen LogP contribution in [0, 0.1) is 6.92 Å². The fourth-order valence-corrected chi connectivity index (χ4v) is 3.01. The Balaban J connectivity index is 1.96. The first kappa shape index (κ1) is 16.1. The fraction of sp³-hybridized carbons (Fsp3) is 0.500. The molecule has 0 unspecified atom stereocenters. The molecule has 114 valence electrons. The van der Waals surface area contributed by atoms with Crippen molar-refractivity contribution in [2.45, 2.75) is 52.4 Å². The molecule has 3 heteroatoms. The summed E-state index contributed by atoms with van der Waals surface area (Å²) in [6.45, 7) is 5.28. The third-order valence-corrected chi connectivity index (χ3v) is 4.16. The summed E-state index contributed by atoms with van der Waals surface area (Å²) in [6, 6.07) is 6.05. The van der Waals surface area contributed by atoms with Crippen LogP contribution in [0.4, 0.5) is 5.69 Å². The van der Waals surface area contributed by atoms with E-state index in [-0.39, 0.29) is 0 Å². The molecule has 21 heavy (non-hydrogen) atoms. The smallest absolute Gasteiger partial charge is 0.0752 e. The Morgan fingerprint density at radius 1 is 1.14 bits per heavy atom. The Kier molecular flexibility index (Phi) is 6.31. The molecule has 0 aliphatic rings. The topological polar surface area (TPSA) is 24.9 Å². The van der Waals surface area contributed by atoms with Crippen LogP contribution in [-0.4, -0.2) is 11.5 Å². The van der Waals surface area contributed by atoms with Gasteiger partial charge < -0.3 is 5.32 Å². The minimum atomic E-state index is 0.791. The van der Waals surface area contributed by atoms with Gasteiger partial charge in [0.25, 0.3) is 0 Å². The first-order chi connectivity index (χ1) is 10.2. The molecule has 1 aromatic carbocycles. The molecule has 0 atom stereocenters. The number of pyridine rings is 1. The second-order valence-electron chi connectivity index (χ2n) is 5.64. The van der Waals surface area contributed by atoms with Crippen LogP contribution < -0.4 is 5.32 Å². The summed E-state index contributed by atoms with van der Waals surface area (Å²) in [5, 5.41) is 5.41. The molecule has 0 aliphatic carbocycles. The highest BCUT2D eigenvalue weighted by atomic mass is 35.5. The highest BCUT2D eigenvalue weighted by Crippen LogP contribution is 2.32. The molecular weight excluding hydrogens is 280 g/mol. The number of rotatable bonds is 8. The highest BCUT2D eigenvalue weighted by Gasteiger charge is 2.09. The van der Waals surface area contributed by atoms with Crippen molar-refractivity contribution in [2.24, 2.45) is 0 Å².